The van der Waals surface area contributed by atoms with Crippen LogP contribution in [0.4, 0.5) is 0 Å². The van der Waals surface area contributed by atoms with Gasteiger partial charge in [0, 0.05) is 13.6 Å². The fourth-order valence-corrected chi connectivity index (χ4v) is 2.23. The number of amides is 1. The zero-order chi connectivity index (χ0) is 15.9. The number of para-hydroxylation sites is 1. The first-order valence-electron chi connectivity index (χ1n) is 7.26. The van der Waals surface area contributed by atoms with Crippen molar-refractivity contribution in [1.29, 1.82) is 0 Å². The number of rotatable bonds is 6. The Hall–Kier alpha value is -2.49. The van der Waals surface area contributed by atoms with Gasteiger partial charge in [0.05, 0.1) is 19.3 Å². The summed E-state index contributed by atoms with van der Waals surface area (Å²) < 4.78 is 10.7. The minimum absolute atomic E-state index is 0.0636. The molecule has 0 bridgehead atoms. The van der Waals surface area contributed by atoms with Crippen LogP contribution in [-0.2, 0) is 6.54 Å². The molecule has 0 aliphatic rings. The number of nitrogens with zero attached hydrogens (tertiary/aromatic N) is 1. The average Bonchev–Trinajstić information content (AvgIpc) is 2.56. The van der Waals surface area contributed by atoms with Crippen LogP contribution in [0, 0.1) is 0 Å². The molecule has 0 aliphatic heterocycles. The van der Waals surface area contributed by atoms with Crippen molar-refractivity contribution in [2.45, 2.75) is 13.5 Å². The summed E-state index contributed by atoms with van der Waals surface area (Å²) in [5.74, 6) is 1.36. The van der Waals surface area contributed by atoms with Gasteiger partial charge in [-0.1, -0.05) is 24.3 Å². The second kappa shape index (κ2) is 7.50. The van der Waals surface area contributed by atoms with E-state index in [2.05, 4.69) is 0 Å². The molecule has 2 rings (SSSR count). The summed E-state index contributed by atoms with van der Waals surface area (Å²) in [5, 5.41) is 0. The van der Waals surface area contributed by atoms with Crippen molar-refractivity contribution in [2.24, 2.45) is 0 Å². The Labute approximate surface area is 131 Å². The van der Waals surface area contributed by atoms with Gasteiger partial charge in [0.1, 0.15) is 11.5 Å². The highest BCUT2D eigenvalue weighted by Gasteiger charge is 2.16. The van der Waals surface area contributed by atoms with Crippen molar-refractivity contribution in [2.75, 3.05) is 20.8 Å². The molecule has 4 nitrogen and oxygen atoms in total. The molecule has 0 aromatic heterocycles. The third kappa shape index (κ3) is 3.79. The molecular formula is C18H21NO3. The van der Waals surface area contributed by atoms with Crippen LogP contribution in [0.25, 0.3) is 0 Å². The summed E-state index contributed by atoms with van der Waals surface area (Å²) in [5.41, 5.74) is 1.62. The minimum Gasteiger partial charge on any atom is -0.496 e. The van der Waals surface area contributed by atoms with Crippen molar-refractivity contribution in [3.05, 3.63) is 59.7 Å². The predicted octanol–water partition coefficient (Wildman–Crippen LogP) is 3.37. The SMILES string of the molecule is CCOc1ccc(CN(C)C(=O)c2ccccc2OC)cc1. The lowest BCUT2D eigenvalue weighted by molar-refractivity contribution is 0.0781. The van der Waals surface area contributed by atoms with Crippen LogP contribution in [0.2, 0.25) is 0 Å². The lowest BCUT2D eigenvalue weighted by Gasteiger charge is -2.19. The molecule has 0 aliphatic carbocycles. The van der Waals surface area contributed by atoms with Crippen LogP contribution in [0.15, 0.2) is 48.5 Å². The summed E-state index contributed by atoms with van der Waals surface area (Å²) in [4.78, 5) is 14.2. The van der Waals surface area contributed by atoms with E-state index >= 15 is 0 Å². The molecule has 0 fully saturated rings. The second-order valence-corrected chi connectivity index (χ2v) is 4.94. The number of hydrogen-bond donors (Lipinski definition) is 0. The molecule has 0 saturated carbocycles. The highest BCUT2D eigenvalue weighted by atomic mass is 16.5. The van der Waals surface area contributed by atoms with E-state index in [1.165, 1.54) is 0 Å². The van der Waals surface area contributed by atoms with Gasteiger partial charge < -0.3 is 14.4 Å². The molecule has 1 amide bonds. The minimum atomic E-state index is -0.0636. The molecule has 0 spiro atoms. The summed E-state index contributed by atoms with van der Waals surface area (Å²) in [6.45, 7) is 3.13. The Morgan fingerprint density at radius 3 is 2.41 bits per heavy atom. The van der Waals surface area contributed by atoms with Crippen LogP contribution in [0.1, 0.15) is 22.8 Å². The van der Waals surface area contributed by atoms with Crippen molar-refractivity contribution >= 4 is 5.91 Å². The van der Waals surface area contributed by atoms with Crippen LogP contribution in [0.5, 0.6) is 11.5 Å². The van der Waals surface area contributed by atoms with Crippen LogP contribution < -0.4 is 9.47 Å². The average molecular weight is 299 g/mol. The maximum Gasteiger partial charge on any atom is 0.257 e. The Morgan fingerprint density at radius 2 is 1.77 bits per heavy atom. The molecule has 22 heavy (non-hydrogen) atoms. The molecule has 2 aromatic rings. The van der Waals surface area contributed by atoms with Crippen molar-refractivity contribution in [3.63, 3.8) is 0 Å². The van der Waals surface area contributed by atoms with Gasteiger partial charge in [0.15, 0.2) is 0 Å². The zero-order valence-corrected chi connectivity index (χ0v) is 13.2. The van der Waals surface area contributed by atoms with Crippen molar-refractivity contribution in [3.8, 4) is 11.5 Å². The third-order valence-electron chi connectivity index (χ3n) is 3.34. The third-order valence-corrected chi connectivity index (χ3v) is 3.34. The Balaban J connectivity index is 2.07. The maximum atomic E-state index is 12.5. The molecule has 0 saturated heterocycles. The highest BCUT2D eigenvalue weighted by Crippen LogP contribution is 2.20. The maximum absolute atomic E-state index is 12.5. The van der Waals surface area contributed by atoms with E-state index in [0.717, 1.165) is 11.3 Å². The molecular weight excluding hydrogens is 278 g/mol. The predicted molar refractivity (Wildman–Crippen MR) is 86.4 cm³/mol. The van der Waals surface area contributed by atoms with Gasteiger partial charge in [-0.25, -0.2) is 0 Å². The zero-order valence-electron chi connectivity index (χ0n) is 13.2. The fraction of sp³-hybridized carbons (Fsp3) is 0.278. The van der Waals surface area contributed by atoms with E-state index in [9.17, 15) is 4.79 Å². The number of hydrogen-bond acceptors (Lipinski definition) is 3. The Bertz CT molecular complexity index is 622. The normalized spacial score (nSPS) is 10.1. The van der Waals surface area contributed by atoms with Gasteiger partial charge in [-0.2, -0.15) is 0 Å². The molecule has 0 heterocycles. The van der Waals surface area contributed by atoms with Crippen LogP contribution in [-0.4, -0.2) is 31.6 Å². The first-order chi connectivity index (χ1) is 10.7. The van der Waals surface area contributed by atoms with E-state index in [-0.39, 0.29) is 5.91 Å². The molecule has 0 radical (unpaired) electrons. The van der Waals surface area contributed by atoms with Crippen molar-refractivity contribution < 1.29 is 14.3 Å². The van der Waals surface area contributed by atoms with Gasteiger partial charge in [0.25, 0.3) is 5.91 Å². The molecule has 0 atom stereocenters. The standard InChI is InChI=1S/C18H21NO3/c1-4-22-15-11-9-14(10-12-15)13-19(2)18(20)16-7-5-6-8-17(16)21-3/h5-12H,4,13H2,1-3H3. The summed E-state index contributed by atoms with van der Waals surface area (Å²) in [6.07, 6.45) is 0. The van der Waals surface area contributed by atoms with Gasteiger partial charge >= 0.3 is 0 Å². The first kappa shape index (κ1) is 15.9. The first-order valence-corrected chi connectivity index (χ1v) is 7.26. The summed E-state index contributed by atoms with van der Waals surface area (Å²) in [6, 6.07) is 15.0. The Morgan fingerprint density at radius 1 is 1.09 bits per heavy atom. The van der Waals surface area contributed by atoms with E-state index in [1.54, 1.807) is 31.2 Å². The van der Waals surface area contributed by atoms with E-state index in [1.807, 2.05) is 43.3 Å². The Kier molecular flexibility index (Phi) is 5.42. The number of carbonyl (C=O) groups excluding carboxylic acids is 1. The largest absolute Gasteiger partial charge is 0.496 e. The van der Waals surface area contributed by atoms with Gasteiger partial charge in [-0.3, -0.25) is 4.79 Å². The van der Waals surface area contributed by atoms with Gasteiger partial charge in [0.2, 0.25) is 0 Å². The monoisotopic (exact) mass is 299 g/mol. The lowest BCUT2D eigenvalue weighted by atomic mass is 10.1. The molecule has 116 valence electrons. The van der Waals surface area contributed by atoms with Crippen LogP contribution in [0.3, 0.4) is 0 Å². The topological polar surface area (TPSA) is 38.8 Å². The van der Waals surface area contributed by atoms with Gasteiger partial charge in [-0.05, 0) is 36.8 Å². The molecule has 0 unspecified atom stereocenters. The van der Waals surface area contributed by atoms with E-state index in [0.29, 0.717) is 24.5 Å². The van der Waals surface area contributed by atoms with E-state index in [4.69, 9.17) is 9.47 Å². The van der Waals surface area contributed by atoms with E-state index < -0.39 is 0 Å². The van der Waals surface area contributed by atoms with Crippen LogP contribution >= 0.6 is 0 Å². The lowest BCUT2D eigenvalue weighted by Crippen LogP contribution is -2.26. The smallest absolute Gasteiger partial charge is 0.257 e. The number of ether oxygens (including phenoxy) is 2. The number of benzene rings is 2. The van der Waals surface area contributed by atoms with Crippen molar-refractivity contribution in [1.82, 2.24) is 4.90 Å². The quantitative estimate of drug-likeness (QED) is 0.821. The molecule has 2 aromatic carbocycles. The number of methoxy groups -OCH3 is 1. The number of carbonyl (C=O) groups is 1. The fourth-order valence-electron chi connectivity index (χ4n) is 2.23. The highest BCUT2D eigenvalue weighted by molar-refractivity contribution is 5.96. The summed E-state index contributed by atoms with van der Waals surface area (Å²) in [7, 11) is 3.35. The second-order valence-electron chi connectivity index (χ2n) is 4.94. The van der Waals surface area contributed by atoms with Gasteiger partial charge in [-0.15, -0.1) is 0 Å². The summed E-state index contributed by atoms with van der Waals surface area (Å²) >= 11 is 0. The molecule has 0 N–H and O–H groups in total. The molecule has 4 heteroatoms.